The van der Waals surface area contributed by atoms with Crippen LogP contribution in [0, 0.1) is 11.6 Å². The van der Waals surface area contributed by atoms with Gasteiger partial charge in [0.1, 0.15) is 11.6 Å². The minimum atomic E-state index is -6.09. The number of carbonyl (C=O) groups excluding carboxylic acids is 1. The van der Waals surface area contributed by atoms with Gasteiger partial charge < -0.3 is 4.55 Å². The van der Waals surface area contributed by atoms with Crippen molar-refractivity contribution in [3.8, 4) is 0 Å². The number of benzene rings is 5. The molecule has 5 rings (SSSR count). The normalized spacial score (nSPS) is 11.6. The molecule has 232 valence electrons. The number of hydrogen-bond donors (Lipinski definition) is 0. The average molecular weight is 695 g/mol. The van der Waals surface area contributed by atoms with Crippen molar-refractivity contribution in [2.75, 3.05) is 0 Å². The fourth-order valence-corrected chi connectivity index (χ4v) is 6.96. The molecule has 5 aromatic carbocycles. The molecule has 0 aliphatic rings. The molecular formula is C32H20ClF5O4S3. The molecule has 0 amide bonds. The monoisotopic (exact) mass is 694 g/mol. The maximum atomic E-state index is 13.6. The lowest BCUT2D eigenvalue weighted by molar-refractivity contribution is -0.0517. The lowest BCUT2D eigenvalue weighted by Crippen LogP contribution is -2.21. The van der Waals surface area contributed by atoms with Crippen LogP contribution in [-0.4, -0.2) is 24.3 Å². The van der Waals surface area contributed by atoms with Crippen LogP contribution in [0.25, 0.3) is 0 Å². The van der Waals surface area contributed by atoms with E-state index in [1.54, 1.807) is 48.5 Å². The van der Waals surface area contributed by atoms with Gasteiger partial charge in [0.25, 0.3) is 0 Å². The van der Waals surface area contributed by atoms with Crippen LogP contribution in [0.5, 0.6) is 0 Å². The van der Waals surface area contributed by atoms with Gasteiger partial charge in [-0.2, -0.15) is 13.2 Å². The van der Waals surface area contributed by atoms with Gasteiger partial charge in [-0.05, 0) is 91.0 Å². The van der Waals surface area contributed by atoms with Gasteiger partial charge in [-0.25, -0.2) is 17.2 Å². The van der Waals surface area contributed by atoms with Gasteiger partial charge in [-0.3, -0.25) is 4.79 Å². The highest BCUT2D eigenvalue weighted by Crippen LogP contribution is 2.37. The summed E-state index contributed by atoms with van der Waals surface area (Å²) in [6.45, 7) is 0. The smallest absolute Gasteiger partial charge is 0.485 e. The number of hydrogen-bond acceptors (Lipinski definition) is 5. The van der Waals surface area contributed by atoms with Crippen LogP contribution in [0.1, 0.15) is 15.9 Å². The Kier molecular flexibility index (Phi) is 11.1. The molecule has 0 fully saturated rings. The minimum absolute atomic E-state index is 0.0722. The summed E-state index contributed by atoms with van der Waals surface area (Å²) < 4.78 is 86.1. The van der Waals surface area contributed by atoms with E-state index in [-0.39, 0.29) is 17.4 Å². The Bertz CT molecular complexity index is 1820. The van der Waals surface area contributed by atoms with E-state index in [0.29, 0.717) is 16.1 Å². The van der Waals surface area contributed by atoms with Crippen LogP contribution >= 0.6 is 23.4 Å². The van der Waals surface area contributed by atoms with Crippen LogP contribution in [0.4, 0.5) is 22.0 Å². The van der Waals surface area contributed by atoms with E-state index >= 15 is 0 Å². The Hall–Kier alpha value is -3.68. The SMILES string of the molecule is O=C(c1ccccc1)c1ccc(Sc2ccc([S+](c3ccc(F)cc3)c3ccc(F)cc3)cc2)c(Cl)c1.O=S(=O)([O-])C(F)(F)F. The molecule has 5 aromatic rings. The second kappa shape index (κ2) is 14.6. The number of ketones is 1. The zero-order chi connectivity index (χ0) is 32.8. The van der Waals surface area contributed by atoms with Crippen molar-refractivity contribution in [1.82, 2.24) is 0 Å². The second-order valence-electron chi connectivity index (χ2n) is 9.03. The Balaban J connectivity index is 0.000000510. The van der Waals surface area contributed by atoms with E-state index in [4.69, 9.17) is 24.6 Å². The molecule has 0 unspecified atom stereocenters. The van der Waals surface area contributed by atoms with Crippen LogP contribution in [0.2, 0.25) is 5.02 Å². The third kappa shape index (κ3) is 9.18. The summed E-state index contributed by atoms with van der Waals surface area (Å²) in [7, 11) is -6.61. The predicted molar refractivity (Wildman–Crippen MR) is 163 cm³/mol. The number of carbonyl (C=O) groups is 1. The van der Waals surface area contributed by atoms with Gasteiger partial charge in [-0.1, -0.05) is 53.7 Å². The van der Waals surface area contributed by atoms with Crippen molar-refractivity contribution in [3.63, 3.8) is 0 Å². The minimum Gasteiger partial charge on any atom is -0.741 e. The Morgan fingerprint density at radius 1 is 0.689 bits per heavy atom. The zero-order valence-corrected chi connectivity index (χ0v) is 25.9. The molecule has 0 N–H and O–H groups in total. The molecule has 13 heteroatoms. The van der Waals surface area contributed by atoms with E-state index in [2.05, 4.69) is 0 Å². The van der Waals surface area contributed by atoms with Gasteiger partial charge in [0.15, 0.2) is 30.6 Å². The van der Waals surface area contributed by atoms with Gasteiger partial charge in [-0.15, -0.1) is 0 Å². The number of rotatable bonds is 7. The van der Waals surface area contributed by atoms with Crippen LogP contribution in [0.3, 0.4) is 0 Å². The predicted octanol–water partition coefficient (Wildman–Crippen LogP) is 9.15. The first-order chi connectivity index (χ1) is 21.2. The molecule has 0 heterocycles. The zero-order valence-electron chi connectivity index (χ0n) is 22.7. The molecule has 0 bridgehead atoms. The van der Waals surface area contributed by atoms with E-state index in [9.17, 15) is 26.7 Å². The first-order valence-corrected chi connectivity index (χ1v) is 16.5. The summed E-state index contributed by atoms with van der Waals surface area (Å²) in [5.41, 5.74) is -4.49. The van der Waals surface area contributed by atoms with Crippen molar-refractivity contribution in [1.29, 1.82) is 0 Å². The molecule has 4 nitrogen and oxygen atoms in total. The summed E-state index contributed by atoms with van der Waals surface area (Å²) in [5.74, 6) is -0.671. The van der Waals surface area contributed by atoms with Gasteiger partial charge >= 0.3 is 5.51 Å². The standard InChI is InChI=1S/C31H20ClF2OS2.CHF3O3S/c32-29-20-22(31(35)21-4-2-1-3-5-21)6-19-30(29)36-25-11-17-28(18-12-25)37(26-13-7-23(33)8-14-26)27-15-9-24(34)10-16-27;2-1(3,4)8(5,6)7/h1-20H;(H,5,6,7)/q+1;/p-1. The maximum Gasteiger partial charge on any atom is 0.485 e. The highest BCUT2D eigenvalue weighted by Gasteiger charge is 2.37. The fraction of sp³-hybridized carbons (Fsp3) is 0.0312. The molecule has 0 spiro atoms. The van der Waals surface area contributed by atoms with E-state index in [1.165, 1.54) is 36.0 Å². The highest BCUT2D eigenvalue weighted by molar-refractivity contribution is 7.99. The van der Waals surface area contributed by atoms with Gasteiger partial charge in [0.2, 0.25) is 0 Å². The van der Waals surface area contributed by atoms with E-state index < -0.39 is 26.5 Å². The molecule has 45 heavy (non-hydrogen) atoms. The van der Waals surface area contributed by atoms with E-state index in [1.807, 2.05) is 48.5 Å². The lowest BCUT2D eigenvalue weighted by Gasteiger charge is -2.10. The van der Waals surface area contributed by atoms with Crippen molar-refractivity contribution in [2.45, 2.75) is 30.0 Å². The van der Waals surface area contributed by atoms with Crippen LogP contribution < -0.4 is 0 Å². The fourth-order valence-electron chi connectivity index (χ4n) is 3.80. The van der Waals surface area contributed by atoms with E-state index in [0.717, 1.165) is 24.5 Å². The summed E-state index contributed by atoms with van der Waals surface area (Å²) >= 11 is 8.05. The Labute approximate surface area is 268 Å². The second-order valence-corrected chi connectivity index (χ2v) is 13.9. The Morgan fingerprint density at radius 3 is 1.56 bits per heavy atom. The van der Waals surface area contributed by atoms with Gasteiger partial charge in [0.05, 0.1) is 15.9 Å². The third-order valence-corrected chi connectivity index (χ3v) is 10.2. The van der Waals surface area contributed by atoms with Crippen LogP contribution in [-0.2, 0) is 21.0 Å². The van der Waals surface area contributed by atoms with Crippen molar-refractivity contribution in [2.24, 2.45) is 0 Å². The molecule has 0 atom stereocenters. The number of halogens is 6. The van der Waals surface area contributed by atoms with Crippen LogP contribution in [0.15, 0.2) is 146 Å². The molecule has 0 aliphatic heterocycles. The maximum absolute atomic E-state index is 13.6. The summed E-state index contributed by atoms with van der Waals surface area (Å²) in [4.78, 5) is 17.5. The highest BCUT2D eigenvalue weighted by atomic mass is 35.5. The summed E-state index contributed by atoms with van der Waals surface area (Å²) in [6, 6.07) is 35.4. The third-order valence-electron chi connectivity index (χ3n) is 5.90. The average Bonchev–Trinajstić information content (AvgIpc) is 3.00. The lowest BCUT2D eigenvalue weighted by atomic mass is 10.0. The molecule has 0 saturated heterocycles. The molecule has 0 radical (unpaired) electrons. The molecular weight excluding hydrogens is 675 g/mol. The number of alkyl halides is 3. The largest absolute Gasteiger partial charge is 0.741 e. The summed E-state index contributed by atoms with van der Waals surface area (Å²) in [6.07, 6.45) is 0. The molecule has 0 saturated carbocycles. The van der Waals surface area contributed by atoms with Crippen molar-refractivity contribution >= 4 is 50.2 Å². The topological polar surface area (TPSA) is 74.3 Å². The first-order valence-electron chi connectivity index (χ1n) is 12.7. The Morgan fingerprint density at radius 2 is 1.13 bits per heavy atom. The molecule has 0 aromatic heterocycles. The summed E-state index contributed by atoms with van der Waals surface area (Å²) in [5, 5.41) is 0.508. The quantitative estimate of drug-likeness (QED) is 0.0559. The molecule has 0 aliphatic carbocycles. The van der Waals surface area contributed by atoms with Crippen molar-refractivity contribution < 1.29 is 39.7 Å². The first kappa shape index (κ1) is 34.2. The van der Waals surface area contributed by atoms with Gasteiger partial charge in [0, 0.05) is 20.9 Å². The van der Waals surface area contributed by atoms with Crippen molar-refractivity contribution in [3.05, 3.63) is 149 Å².